The highest BCUT2D eigenvalue weighted by Gasteiger charge is 2.07. The summed E-state index contributed by atoms with van der Waals surface area (Å²) < 4.78 is 0. The minimum atomic E-state index is -0.324. The van der Waals surface area contributed by atoms with Crippen LogP contribution in [-0.2, 0) is 6.42 Å². The van der Waals surface area contributed by atoms with E-state index in [-0.39, 0.29) is 6.10 Å². The van der Waals surface area contributed by atoms with Gasteiger partial charge in [-0.15, -0.1) is 11.3 Å². The van der Waals surface area contributed by atoms with Gasteiger partial charge in [-0.3, -0.25) is 0 Å². The average Bonchev–Trinajstić information content (AvgIpc) is 2.95. The Bertz CT molecular complexity index is 798. The maximum absolute atomic E-state index is 9.49. The van der Waals surface area contributed by atoms with E-state index in [0.29, 0.717) is 6.42 Å². The molecule has 118 valence electrons. The van der Waals surface area contributed by atoms with Gasteiger partial charge in [0, 0.05) is 17.5 Å². The number of aliphatic hydroxyl groups is 1. The van der Waals surface area contributed by atoms with Crippen molar-refractivity contribution in [3.05, 3.63) is 59.1 Å². The Morgan fingerprint density at radius 2 is 2.04 bits per heavy atom. The molecule has 3 heterocycles. The first-order chi connectivity index (χ1) is 11.1. The number of rotatable bonds is 5. The molecule has 0 radical (unpaired) electrons. The molecule has 0 fully saturated rings. The highest BCUT2D eigenvalue weighted by Crippen LogP contribution is 2.28. The molecule has 3 rings (SSSR count). The third-order valence-electron chi connectivity index (χ3n) is 3.33. The number of aromatic nitrogens is 2. The topological polar surface area (TPSA) is 58.0 Å². The fourth-order valence-corrected chi connectivity index (χ4v) is 3.39. The van der Waals surface area contributed by atoms with E-state index in [4.69, 9.17) is 0 Å². The van der Waals surface area contributed by atoms with E-state index in [1.165, 1.54) is 0 Å². The van der Waals surface area contributed by atoms with Crippen molar-refractivity contribution in [1.29, 1.82) is 0 Å². The van der Waals surface area contributed by atoms with Gasteiger partial charge in [-0.25, -0.2) is 9.97 Å². The molecule has 5 heteroatoms. The molecule has 2 N–H and O–H groups in total. The molecule has 0 amide bonds. The fourth-order valence-electron chi connectivity index (χ4n) is 2.29. The summed E-state index contributed by atoms with van der Waals surface area (Å²) in [6.45, 7) is 3.84. The largest absolute Gasteiger partial charge is 0.393 e. The van der Waals surface area contributed by atoms with Gasteiger partial charge in [0.2, 0.25) is 0 Å². The number of nitrogens with zero attached hydrogens (tertiary/aromatic N) is 2. The molecule has 0 aliphatic heterocycles. The first-order valence-electron chi connectivity index (χ1n) is 7.54. The van der Waals surface area contributed by atoms with Crippen molar-refractivity contribution in [3.63, 3.8) is 0 Å². The van der Waals surface area contributed by atoms with Crippen LogP contribution in [0, 0.1) is 6.92 Å². The molecule has 1 unspecified atom stereocenters. The normalized spacial score (nSPS) is 12.1. The number of aliphatic hydroxyl groups excluding tert-OH is 1. The maximum atomic E-state index is 9.49. The molecular formula is C18H19N3OS. The van der Waals surface area contributed by atoms with E-state index in [1.807, 2.05) is 37.3 Å². The molecule has 0 aliphatic rings. The standard InChI is InChI=1S/C18H19N3OS/c1-12-8-9-19-18(10-12)21-17-5-3-4-15(20-17)16-7-6-14(23-16)11-13(2)22/h3-10,13,22H,11H2,1-2H3,(H,19,20,21). The van der Waals surface area contributed by atoms with Crippen LogP contribution in [0.2, 0.25) is 0 Å². The van der Waals surface area contributed by atoms with Crippen molar-refractivity contribution in [1.82, 2.24) is 9.97 Å². The lowest BCUT2D eigenvalue weighted by molar-refractivity contribution is 0.196. The first-order valence-corrected chi connectivity index (χ1v) is 8.36. The highest BCUT2D eigenvalue weighted by molar-refractivity contribution is 7.15. The lowest BCUT2D eigenvalue weighted by atomic mass is 10.2. The molecule has 0 saturated heterocycles. The van der Waals surface area contributed by atoms with Crippen LogP contribution in [0.15, 0.2) is 48.7 Å². The van der Waals surface area contributed by atoms with Gasteiger partial charge in [-0.2, -0.15) is 0 Å². The van der Waals surface area contributed by atoms with Crippen LogP contribution in [0.1, 0.15) is 17.4 Å². The van der Waals surface area contributed by atoms with Gasteiger partial charge in [-0.05, 0) is 55.8 Å². The molecule has 0 spiro atoms. The monoisotopic (exact) mass is 325 g/mol. The molecule has 3 aromatic rings. The molecule has 1 atom stereocenters. The van der Waals surface area contributed by atoms with Crippen LogP contribution in [0.5, 0.6) is 0 Å². The third kappa shape index (κ3) is 4.15. The van der Waals surface area contributed by atoms with Crippen LogP contribution in [0.25, 0.3) is 10.6 Å². The second-order valence-electron chi connectivity index (χ2n) is 5.57. The number of aryl methyl sites for hydroxylation is 1. The van der Waals surface area contributed by atoms with E-state index >= 15 is 0 Å². The van der Waals surface area contributed by atoms with Crippen molar-refractivity contribution in [2.45, 2.75) is 26.4 Å². The van der Waals surface area contributed by atoms with Gasteiger partial charge in [0.1, 0.15) is 11.6 Å². The molecule has 23 heavy (non-hydrogen) atoms. The van der Waals surface area contributed by atoms with Crippen molar-refractivity contribution < 1.29 is 5.11 Å². The summed E-state index contributed by atoms with van der Waals surface area (Å²) in [5.74, 6) is 1.56. The van der Waals surface area contributed by atoms with Crippen molar-refractivity contribution in [3.8, 4) is 10.6 Å². The summed E-state index contributed by atoms with van der Waals surface area (Å²) in [6, 6.07) is 14.0. The number of pyridine rings is 2. The molecule has 0 aliphatic carbocycles. The second kappa shape index (κ2) is 6.89. The molecule has 4 nitrogen and oxygen atoms in total. The summed E-state index contributed by atoms with van der Waals surface area (Å²) in [6.07, 6.45) is 2.13. The van der Waals surface area contributed by atoms with E-state index in [0.717, 1.165) is 32.6 Å². The number of hydrogen-bond acceptors (Lipinski definition) is 5. The predicted octanol–water partition coefficient (Wildman–Crippen LogP) is 4.18. The Labute approximate surface area is 139 Å². The van der Waals surface area contributed by atoms with E-state index < -0.39 is 0 Å². The van der Waals surface area contributed by atoms with E-state index in [1.54, 1.807) is 24.5 Å². The Balaban J connectivity index is 1.81. The van der Waals surface area contributed by atoms with E-state index in [2.05, 4.69) is 27.4 Å². The van der Waals surface area contributed by atoms with Crippen LogP contribution < -0.4 is 5.32 Å². The van der Waals surface area contributed by atoms with Crippen LogP contribution >= 0.6 is 11.3 Å². The minimum Gasteiger partial charge on any atom is -0.393 e. The molecular weight excluding hydrogens is 306 g/mol. The quantitative estimate of drug-likeness (QED) is 0.739. The Kier molecular flexibility index (Phi) is 4.69. The Morgan fingerprint density at radius 1 is 1.17 bits per heavy atom. The zero-order chi connectivity index (χ0) is 16.2. The summed E-state index contributed by atoms with van der Waals surface area (Å²) >= 11 is 1.67. The highest BCUT2D eigenvalue weighted by atomic mass is 32.1. The Morgan fingerprint density at radius 3 is 2.83 bits per heavy atom. The molecule has 0 bridgehead atoms. The summed E-state index contributed by atoms with van der Waals surface area (Å²) in [5, 5.41) is 12.7. The van der Waals surface area contributed by atoms with Gasteiger partial charge in [0.15, 0.2) is 0 Å². The number of thiophene rings is 1. The smallest absolute Gasteiger partial charge is 0.132 e. The van der Waals surface area contributed by atoms with Crippen molar-refractivity contribution in [2.24, 2.45) is 0 Å². The van der Waals surface area contributed by atoms with Crippen LogP contribution in [0.3, 0.4) is 0 Å². The number of hydrogen-bond donors (Lipinski definition) is 2. The zero-order valence-electron chi connectivity index (χ0n) is 13.2. The van der Waals surface area contributed by atoms with Gasteiger partial charge in [-0.1, -0.05) is 6.07 Å². The summed E-state index contributed by atoms with van der Waals surface area (Å²) in [4.78, 5) is 11.2. The maximum Gasteiger partial charge on any atom is 0.132 e. The van der Waals surface area contributed by atoms with Crippen molar-refractivity contribution >= 4 is 23.0 Å². The van der Waals surface area contributed by atoms with Gasteiger partial charge >= 0.3 is 0 Å². The number of anilines is 2. The molecule has 0 saturated carbocycles. The van der Waals surface area contributed by atoms with Crippen molar-refractivity contribution in [2.75, 3.05) is 5.32 Å². The SMILES string of the molecule is Cc1ccnc(Nc2cccc(-c3ccc(CC(C)O)s3)n2)c1. The van der Waals surface area contributed by atoms with Gasteiger partial charge in [0.25, 0.3) is 0 Å². The first kappa shape index (κ1) is 15.6. The van der Waals surface area contributed by atoms with E-state index in [9.17, 15) is 5.11 Å². The molecule has 0 aromatic carbocycles. The lowest BCUT2D eigenvalue weighted by Crippen LogP contribution is -2.01. The van der Waals surface area contributed by atoms with Crippen LogP contribution in [-0.4, -0.2) is 21.2 Å². The van der Waals surface area contributed by atoms with Gasteiger partial charge in [0.05, 0.1) is 16.7 Å². The zero-order valence-corrected chi connectivity index (χ0v) is 14.0. The van der Waals surface area contributed by atoms with Gasteiger partial charge < -0.3 is 10.4 Å². The number of nitrogens with one attached hydrogen (secondary N) is 1. The average molecular weight is 325 g/mol. The molecule has 3 aromatic heterocycles. The van der Waals surface area contributed by atoms with Crippen LogP contribution in [0.4, 0.5) is 11.6 Å². The third-order valence-corrected chi connectivity index (χ3v) is 4.46. The fraction of sp³-hybridized carbons (Fsp3) is 0.222. The lowest BCUT2D eigenvalue weighted by Gasteiger charge is -2.06. The minimum absolute atomic E-state index is 0.324. The summed E-state index contributed by atoms with van der Waals surface area (Å²) in [7, 11) is 0. The Hall–Kier alpha value is -2.24. The summed E-state index contributed by atoms with van der Waals surface area (Å²) in [5.41, 5.74) is 2.07. The predicted molar refractivity (Wildman–Crippen MR) is 95.2 cm³/mol. The second-order valence-corrected chi connectivity index (χ2v) is 6.74.